The molecule has 3 fully saturated rings. The van der Waals surface area contributed by atoms with Gasteiger partial charge in [0, 0.05) is 11.3 Å². The van der Waals surface area contributed by atoms with Crippen molar-refractivity contribution >= 4 is 5.78 Å². The number of carbonyl (C=O) groups is 1. The number of aliphatic hydroxyl groups is 1. The summed E-state index contributed by atoms with van der Waals surface area (Å²) in [7, 11) is 0. The molecule has 1 aromatic heterocycles. The zero-order chi connectivity index (χ0) is 27.5. The Morgan fingerprint density at radius 2 is 1.76 bits per heavy atom. The summed E-state index contributed by atoms with van der Waals surface area (Å²) in [5.41, 5.74) is 0.209. The number of ketones is 1. The Morgan fingerprint density at radius 3 is 2.42 bits per heavy atom. The van der Waals surface area contributed by atoms with E-state index in [4.69, 9.17) is 4.42 Å². The summed E-state index contributed by atoms with van der Waals surface area (Å²) in [5, 5.41) is 29.6. The van der Waals surface area contributed by atoms with Gasteiger partial charge in [-0.2, -0.15) is 5.26 Å². The minimum absolute atomic E-state index is 0.113. The van der Waals surface area contributed by atoms with E-state index < -0.39 is 16.9 Å². The second-order valence-electron chi connectivity index (χ2n) is 15.4. The molecule has 6 rings (SSSR count). The predicted octanol–water partition coefficient (Wildman–Crippen LogP) is 6.33. The maximum absolute atomic E-state index is 14.5. The van der Waals surface area contributed by atoms with Crippen molar-refractivity contribution in [2.75, 3.05) is 0 Å². The zero-order valence-electron chi connectivity index (χ0n) is 24.1. The van der Waals surface area contributed by atoms with Gasteiger partial charge in [-0.1, -0.05) is 60.1 Å². The second kappa shape index (κ2) is 7.68. The summed E-state index contributed by atoms with van der Waals surface area (Å²) >= 11 is 0. The van der Waals surface area contributed by atoms with Crippen molar-refractivity contribution < 1.29 is 14.3 Å². The number of rotatable bonds is 1. The summed E-state index contributed by atoms with van der Waals surface area (Å²) in [4.78, 5) is 14.5. The first-order valence-corrected chi connectivity index (χ1v) is 14.5. The highest BCUT2D eigenvalue weighted by Gasteiger charge is 2.70. The van der Waals surface area contributed by atoms with E-state index in [1.54, 1.807) is 0 Å². The molecule has 0 aliphatic heterocycles. The Morgan fingerprint density at radius 1 is 1.05 bits per heavy atom. The van der Waals surface area contributed by atoms with Crippen LogP contribution >= 0.6 is 0 Å². The molecular weight excluding hydrogens is 474 g/mol. The van der Waals surface area contributed by atoms with Crippen LogP contribution in [-0.4, -0.2) is 27.2 Å². The van der Waals surface area contributed by atoms with Gasteiger partial charge in [0.15, 0.2) is 5.78 Å². The standard InChI is InChI=1S/C32H43N3O3/c1-27(2)10-12-32(26-35-34-18-38-26)13-11-31(7)24(20(32)16-27)21(36)14-23-29(5)15-19(17-33)25(37)28(3,4)22(29)8-9-30(23,31)6/h14-15,18,20,22,24-25,37H,8-13,16H2,1-7H3/t20?,22-,24?,25?,29-,30+,31+,32-/m0/s1. The van der Waals surface area contributed by atoms with Crippen LogP contribution in [-0.2, 0) is 10.2 Å². The van der Waals surface area contributed by atoms with E-state index in [0.29, 0.717) is 11.5 Å². The number of nitrogens with zero attached hydrogens (tertiary/aromatic N) is 3. The lowest BCUT2D eigenvalue weighted by molar-refractivity contribution is -0.162. The van der Waals surface area contributed by atoms with E-state index in [9.17, 15) is 15.2 Å². The van der Waals surface area contributed by atoms with Gasteiger partial charge < -0.3 is 9.52 Å². The lowest BCUT2D eigenvalue weighted by Crippen LogP contribution is -2.65. The molecule has 0 saturated heterocycles. The number of aliphatic hydroxyl groups excluding tert-OH is 1. The van der Waals surface area contributed by atoms with Gasteiger partial charge in [-0.25, -0.2) is 0 Å². The molecular formula is C32H43N3O3. The van der Waals surface area contributed by atoms with E-state index >= 15 is 0 Å². The molecule has 204 valence electrons. The number of aromatic nitrogens is 2. The highest BCUT2D eigenvalue weighted by atomic mass is 16.4. The third-order valence-corrected chi connectivity index (χ3v) is 12.9. The van der Waals surface area contributed by atoms with Crippen molar-refractivity contribution in [3.8, 4) is 6.07 Å². The number of hydrogen-bond acceptors (Lipinski definition) is 6. The van der Waals surface area contributed by atoms with Gasteiger partial charge in [0.05, 0.1) is 23.2 Å². The smallest absolute Gasteiger partial charge is 0.222 e. The van der Waals surface area contributed by atoms with Gasteiger partial charge in [0.1, 0.15) is 0 Å². The summed E-state index contributed by atoms with van der Waals surface area (Å²) in [6.45, 7) is 15.8. The Labute approximate surface area is 227 Å². The first-order chi connectivity index (χ1) is 17.7. The predicted molar refractivity (Wildman–Crippen MR) is 143 cm³/mol. The minimum Gasteiger partial charge on any atom is -0.427 e. The van der Waals surface area contributed by atoms with Crippen LogP contribution in [0, 0.1) is 56.2 Å². The molecule has 6 nitrogen and oxygen atoms in total. The molecule has 8 atom stereocenters. The number of nitriles is 1. The molecule has 0 radical (unpaired) electrons. The van der Waals surface area contributed by atoms with Crippen LogP contribution < -0.4 is 0 Å². The fourth-order valence-electron chi connectivity index (χ4n) is 10.6. The molecule has 0 spiro atoms. The number of allylic oxidation sites excluding steroid dienone is 3. The lowest BCUT2D eigenvalue weighted by Gasteiger charge is -2.69. The molecule has 3 saturated carbocycles. The van der Waals surface area contributed by atoms with E-state index in [0.717, 1.165) is 44.9 Å². The van der Waals surface area contributed by atoms with Crippen molar-refractivity contribution in [3.05, 3.63) is 35.6 Å². The average Bonchev–Trinajstić information content (AvgIpc) is 3.38. The van der Waals surface area contributed by atoms with Gasteiger partial charge in [0.25, 0.3) is 0 Å². The molecule has 38 heavy (non-hydrogen) atoms. The summed E-state index contributed by atoms with van der Waals surface area (Å²) in [6, 6.07) is 2.30. The lowest BCUT2D eigenvalue weighted by atomic mass is 9.34. The third-order valence-electron chi connectivity index (χ3n) is 12.9. The van der Waals surface area contributed by atoms with Crippen LogP contribution in [0.25, 0.3) is 0 Å². The normalized spacial score (nSPS) is 46.9. The van der Waals surface area contributed by atoms with Crippen LogP contribution in [0.3, 0.4) is 0 Å². The van der Waals surface area contributed by atoms with Crippen LogP contribution in [0.2, 0.25) is 0 Å². The van der Waals surface area contributed by atoms with Crippen molar-refractivity contribution in [2.24, 2.45) is 44.8 Å². The maximum Gasteiger partial charge on any atom is 0.222 e. The van der Waals surface area contributed by atoms with Crippen molar-refractivity contribution in [1.82, 2.24) is 10.2 Å². The first kappa shape index (κ1) is 26.0. The Kier molecular flexibility index (Phi) is 5.26. The van der Waals surface area contributed by atoms with Gasteiger partial charge in [-0.15, -0.1) is 10.2 Å². The second-order valence-corrected chi connectivity index (χ2v) is 15.4. The number of carbonyl (C=O) groups excluding carboxylic acids is 1. The summed E-state index contributed by atoms with van der Waals surface area (Å²) in [6.07, 6.45) is 11.5. The topological polar surface area (TPSA) is 100 Å². The zero-order valence-corrected chi connectivity index (χ0v) is 24.1. The van der Waals surface area contributed by atoms with E-state index in [2.05, 4.69) is 64.7 Å². The molecule has 0 bridgehead atoms. The SMILES string of the molecule is CC1(C)CC[C@]2(c3nnco3)CC[C@]3(C)C(C(=O)C=C4[C@@]5(C)C=C(C#N)C(O)C(C)(C)[C@@H]5CC[C@]43C)C2C1. The minimum atomic E-state index is -0.785. The molecule has 3 unspecified atom stereocenters. The fraction of sp³-hybridized carbons (Fsp3) is 0.750. The monoisotopic (exact) mass is 517 g/mol. The molecule has 6 heteroatoms. The van der Waals surface area contributed by atoms with E-state index in [1.165, 1.54) is 12.0 Å². The largest absolute Gasteiger partial charge is 0.427 e. The van der Waals surface area contributed by atoms with Gasteiger partial charge in [-0.3, -0.25) is 4.79 Å². The summed E-state index contributed by atoms with van der Waals surface area (Å²) in [5.74, 6) is 1.13. The number of hydrogen-bond donors (Lipinski definition) is 1. The van der Waals surface area contributed by atoms with Crippen LogP contribution in [0.4, 0.5) is 0 Å². The fourth-order valence-corrected chi connectivity index (χ4v) is 10.6. The molecule has 0 aromatic carbocycles. The first-order valence-electron chi connectivity index (χ1n) is 14.5. The summed E-state index contributed by atoms with van der Waals surface area (Å²) < 4.78 is 5.91. The van der Waals surface area contributed by atoms with Gasteiger partial charge in [-0.05, 0) is 84.5 Å². The molecule has 1 heterocycles. The average molecular weight is 518 g/mol. The van der Waals surface area contributed by atoms with Crippen molar-refractivity contribution in [3.63, 3.8) is 0 Å². The maximum atomic E-state index is 14.5. The van der Waals surface area contributed by atoms with E-state index in [1.807, 2.05) is 12.2 Å². The van der Waals surface area contributed by atoms with Crippen LogP contribution in [0.15, 0.2) is 34.1 Å². The molecule has 1 N–H and O–H groups in total. The quantitative estimate of drug-likeness (QED) is 0.467. The van der Waals surface area contributed by atoms with Gasteiger partial charge in [0.2, 0.25) is 12.3 Å². The molecule has 5 aliphatic rings. The van der Waals surface area contributed by atoms with Crippen LogP contribution in [0.5, 0.6) is 0 Å². The molecule has 1 aromatic rings. The van der Waals surface area contributed by atoms with Crippen molar-refractivity contribution in [2.45, 2.75) is 105 Å². The Bertz CT molecular complexity index is 1290. The van der Waals surface area contributed by atoms with Crippen molar-refractivity contribution in [1.29, 1.82) is 5.26 Å². The number of fused-ring (bicyclic) bond motifs is 7. The van der Waals surface area contributed by atoms with Gasteiger partial charge >= 0.3 is 0 Å². The highest BCUT2D eigenvalue weighted by Crippen LogP contribution is 2.74. The Hall–Kier alpha value is -2.26. The Balaban J connectivity index is 1.53. The molecule has 5 aliphatic carbocycles. The highest BCUT2D eigenvalue weighted by molar-refractivity contribution is 5.95. The molecule has 0 amide bonds. The van der Waals surface area contributed by atoms with Crippen LogP contribution in [0.1, 0.15) is 99.3 Å². The van der Waals surface area contributed by atoms with E-state index in [-0.39, 0.29) is 45.2 Å². The third kappa shape index (κ3) is 3.00.